The van der Waals surface area contributed by atoms with Gasteiger partial charge in [-0.3, -0.25) is 29.4 Å². The molecule has 0 unspecified atom stereocenters. The molecule has 1 aliphatic heterocycles. The average Bonchev–Trinajstić information content (AvgIpc) is 2.82. The van der Waals surface area contributed by atoms with Gasteiger partial charge in [-0.25, -0.2) is 0 Å². The first-order chi connectivity index (χ1) is 21.5. The predicted molar refractivity (Wildman–Crippen MR) is 140 cm³/mol. The van der Waals surface area contributed by atoms with Gasteiger partial charge in [-0.05, 0) is 0 Å². The Morgan fingerprint density at radius 2 is 0.292 bits per heavy atom. The molecule has 1 saturated heterocycles. The van der Waals surface area contributed by atoms with Crippen molar-refractivity contribution < 1.29 is 88.1 Å². The maximum atomic E-state index is 11.6. The Morgan fingerprint density at radius 1 is 0.208 bits per heavy atom. The standard InChI is InChI=1S/C18H48N6O18P6/c25-43(26,27)13-19-1-2-20(14-44(28,29)30)5-6-22(16-46(34,35)36)9-10-24(18-48(40,41)42)12-11-23(17-47(37,38)39)8-7-21(4-3-19)15-45(31,32)33/h1-18H2,(H2,25,26,27)(H2,28,29,30)(H2,31,32,33)(H2,34,35,36)(H2,37,38,39)(H2,40,41,42)/p-12. The van der Waals surface area contributed by atoms with Gasteiger partial charge in [0, 0.05) is 78.5 Å². The van der Waals surface area contributed by atoms with Gasteiger partial charge in [0.1, 0.15) is 0 Å². The van der Waals surface area contributed by atoms with E-state index in [9.17, 15) is 88.1 Å². The molecule has 1 fully saturated rings. The number of hydrogen-bond donors (Lipinski definition) is 0. The van der Waals surface area contributed by atoms with E-state index < -0.39 is 164 Å². The Hall–Kier alpha value is 1.62. The summed E-state index contributed by atoms with van der Waals surface area (Å²) in [6, 6.07) is 0. The highest BCUT2D eigenvalue weighted by Crippen LogP contribution is 2.33. The molecule has 30 heteroatoms. The minimum Gasteiger partial charge on any atom is -0.687 e. The van der Waals surface area contributed by atoms with Gasteiger partial charge in [-0.2, -0.15) is 0 Å². The van der Waals surface area contributed by atoms with Crippen LogP contribution in [0.15, 0.2) is 0 Å². The lowest BCUT2D eigenvalue weighted by Crippen LogP contribution is -2.52. The Morgan fingerprint density at radius 3 is 0.354 bits per heavy atom. The maximum Gasteiger partial charge on any atom is 0.0943 e. The molecule has 0 radical (unpaired) electrons. The Balaban J connectivity index is 3.50. The van der Waals surface area contributed by atoms with Crippen LogP contribution in [0.25, 0.3) is 0 Å². The molecule has 0 aromatic heterocycles. The molecule has 0 aromatic carbocycles. The van der Waals surface area contributed by atoms with E-state index in [1.54, 1.807) is 0 Å². The summed E-state index contributed by atoms with van der Waals surface area (Å²) in [7, 11) is -31.9. The number of nitrogens with zero attached hydrogens (tertiary/aromatic N) is 6. The molecule has 0 aromatic rings. The minimum atomic E-state index is -5.31. The summed E-state index contributed by atoms with van der Waals surface area (Å²) in [4.78, 5) is 214. The lowest BCUT2D eigenvalue weighted by Gasteiger charge is -2.49. The second-order valence-electron chi connectivity index (χ2n) is 11.2. The van der Waals surface area contributed by atoms with E-state index in [0.29, 0.717) is 0 Å². The van der Waals surface area contributed by atoms with Crippen LogP contribution in [0.2, 0.25) is 0 Å². The summed E-state index contributed by atoms with van der Waals surface area (Å²) in [6.07, 6.45) is -7.02. The van der Waals surface area contributed by atoms with Gasteiger partial charge in [0.05, 0.1) is 37.7 Å². The van der Waals surface area contributed by atoms with Crippen LogP contribution in [-0.4, -0.2) is 146 Å². The summed E-state index contributed by atoms with van der Waals surface area (Å²) in [5.74, 6) is 0. The second kappa shape index (κ2) is 20.3. The van der Waals surface area contributed by atoms with Crippen molar-refractivity contribution in [3.05, 3.63) is 0 Å². The Bertz CT molecular complexity index is 708. The fraction of sp³-hybridized carbons (Fsp3) is 1.00. The first-order valence-electron chi connectivity index (χ1n) is 13.9. The number of rotatable bonds is 12. The van der Waals surface area contributed by atoms with Crippen LogP contribution in [0.3, 0.4) is 0 Å². The van der Waals surface area contributed by atoms with Gasteiger partial charge < -0.3 is 88.1 Å². The van der Waals surface area contributed by atoms with Crippen LogP contribution in [-0.2, 0) is 0 Å². The first-order valence-corrected chi connectivity index (χ1v) is 24.2. The van der Waals surface area contributed by atoms with Gasteiger partial charge in [0.15, 0.2) is 0 Å². The highest BCUT2D eigenvalue weighted by Gasteiger charge is 2.22. The van der Waals surface area contributed by atoms with Gasteiger partial charge in [0.2, 0.25) is 0 Å². The van der Waals surface area contributed by atoms with E-state index in [1.807, 2.05) is 0 Å². The fourth-order valence-corrected chi connectivity index (χ4v) is 9.32. The molecule has 1 rings (SSSR count). The monoisotopic (exact) mass is 810 g/mol. The van der Waals surface area contributed by atoms with Crippen molar-refractivity contribution in [2.24, 2.45) is 0 Å². The van der Waals surface area contributed by atoms with Crippen LogP contribution >= 0.6 is 47.7 Å². The summed E-state index contributed by atoms with van der Waals surface area (Å²) in [5, 5.41) is 0. The van der Waals surface area contributed by atoms with Gasteiger partial charge in [-0.15, -0.1) is 47.7 Å². The van der Waals surface area contributed by atoms with Crippen LogP contribution in [0.1, 0.15) is 0 Å². The SMILES string of the molecule is [O-][P+]([O-])([O-])CN1CCN(C[P+]([O-])([O-])[O-])CCN(C[P+]([O-])([O-])[O-])CCN(C[P+]([O-])([O-])[O-])CCN(C[P+]([O-])([O-])[O-])CCN(C[P+]([O-])([O-])[O-])CC1. The third-order valence-electron chi connectivity index (χ3n) is 6.63. The first kappa shape index (κ1) is 47.6. The van der Waals surface area contributed by atoms with Crippen molar-refractivity contribution in [3.63, 3.8) is 0 Å². The topological polar surface area (TPSA) is 435 Å². The molecule has 0 amide bonds. The van der Waals surface area contributed by atoms with Crippen molar-refractivity contribution in [1.82, 2.24) is 29.4 Å². The van der Waals surface area contributed by atoms with E-state index in [1.165, 1.54) is 0 Å². The molecule has 0 N–H and O–H groups in total. The quantitative estimate of drug-likeness (QED) is 0.165. The van der Waals surface area contributed by atoms with Gasteiger partial charge >= 0.3 is 0 Å². The van der Waals surface area contributed by atoms with E-state index in [-0.39, 0.29) is 0 Å². The molecule has 1 aliphatic rings. The van der Waals surface area contributed by atoms with E-state index in [0.717, 1.165) is 29.4 Å². The molecule has 48 heavy (non-hydrogen) atoms. The summed E-state index contributed by atoms with van der Waals surface area (Å²) in [6.45, 7) is -5.40. The predicted octanol–water partition coefficient (Wildman–Crippen LogP) is -17.4. The van der Waals surface area contributed by atoms with Crippen LogP contribution < -0.4 is 88.1 Å². The minimum absolute atomic E-state index is 0.450. The summed E-state index contributed by atoms with van der Waals surface area (Å²) >= 11 is 0. The fourth-order valence-electron chi connectivity index (χ4n) is 4.69. The summed E-state index contributed by atoms with van der Waals surface area (Å²) < 4.78 is 0. The zero-order valence-corrected chi connectivity index (χ0v) is 30.8. The van der Waals surface area contributed by atoms with E-state index in [4.69, 9.17) is 0 Å². The normalized spacial score (nSPS) is 21.4. The third kappa shape index (κ3) is 27.3. The van der Waals surface area contributed by atoms with Crippen molar-refractivity contribution in [2.75, 3.05) is 116 Å². The van der Waals surface area contributed by atoms with Crippen molar-refractivity contribution >= 4 is 47.7 Å². The van der Waals surface area contributed by atoms with Crippen molar-refractivity contribution in [1.29, 1.82) is 0 Å². The molecule has 1 heterocycles. The summed E-state index contributed by atoms with van der Waals surface area (Å²) in [5.41, 5.74) is 0. The van der Waals surface area contributed by atoms with Crippen LogP contribution in [0.5, 0.6) is 0 Å². The van der Waals surface area contributed by atoms with Crippen molar-refractivity contribution in [3.8, 4) is 0 Å². The lowest BCUT2D eigenvalue weighted by molar-refractivity contribution is -0.432. The number of hydrogen-bond acceptors (Lipinski definition) is 24. The molecule has 0 saturated carbocycles. The Kier molecular flexibility index (Phi) is 20.2. The van der Waals surface area contributed by atoms with Gasteiger partial charge in [0.25, 0.3) is 0 Å². The molecule has 24 nitrogen and oxygen atoms in total. The average molecular weight is 810 g/mol. The van der Waals surface area contributed by atoms with E-state index in [2.05, 4.69) is 0 Å². The van der Waals surface area contributed by atoms with Crippen molar-refractivity contribution in [2.45, 2.75) is 0 Å². The van der Waals surface area contributed by atoms with Gasteiger partial charge in [-0.1, -0.05) is 0 Å². The molecule has 0 spiro atoms. The zero-order valence-electron chi connectivity index (χ0n) is 25.4. The van der Waals surface area contributed by atoms with E-state index >= 15 is 0 Å². The molecule has 0 bridgehead atoms. The highest BCUT2D eigenvalue weighted by atomic mass is 31.2. The second-order valence-corrected chi connectivity index (χ2v) is 20.3. The molecule has 0 atom stereocenters. The molecular weight excluding hydrogens is 774 g/mol. The molecule has 288 valence electrons. The smallest absolute Gasteiger partial charge is 0.0943 e. The largest absolute Gasteiger partial charge is 0.687 e. The Labute approximate surface area is 281 Å². The van der Waals surface area contributed by atoms with Crippen LogP contribution in [0.4, 0.5) is 0 Å². The molecular formula is C18H36N6O18P6-12. The molecule has 0 aliphatic carbocycles. The lowest BCUT2D eigenvalue weighted by atomic mass is 10.4. The maximum absolute atomic E-state index is 11.6. The third-order valence-corrected chi connectivity index (χ3v) is 11.1. The highest BCUT2D eigenvalue weighted by molar-refractivity contribution is 7.55. The van der Waals surface area contributed by atoms with Crippen LogP contribution in [0, 0.1) is 0 Å². The zero-order chi connectivity index (χ0) is 37.2.